The van der Waals surface area contributed by atoms with Crippen LogP contribution in [-0.4, -0.2) is 45.4 Å². The minimum Gasteiger partial charge on any atom is -0.467 e. The van der Waals surface area contributed by atoms with Gasteiger partial charge in [-0.05, 0) is 56.6 Å². The van der Waals surface area contributed by atoms with E-state index in [1.165, 1.54) is 13.2 Å². The van der Waals surface area contributed by atoms with Gasteiger partial charge in [-0.25, -0.2) is 18.0 Å². The van der Waals surface area contributed by atoms with Gasteiger partial charge in [0.15, 0.2) is 9.84 Å². The Morgan fingerprint density at radius 2 is 1.91 bits per heavy atom. The van der Waals surface area contributed by atoms with Gasteiger partial charge < -0.3 is 14.8 Å². The Kier molecular flexibility index (Phi) is 6.75. The Bertz CT molecular complexity index is 1000. The van der Waals surface area contributed by atoms with E-state index >= 15 is 0 Å². The lowest BCUT2D eigenvalue weighted by Crippen LogP contribution is -2.46. The average molecular weight is 464 g/mol. The normalized spacial score (nSPS) is 27.6. The topological polar surface area (TPSA) is 98.8 Å². The molecule has 1 N–H and O–H groups in total. The number of rotatable bonds is 8. The van der Waals surface area contributed by atoms with E-state index in [1.807, 2.05) is 0 Å². The summed E-state index contributed by atoms with van der Waals surface area (Å²) in [5, 5.41) is 2.90. The van der Waals surface area contributed by atoms with Crippen molar-refractivity contribution in [3.63, 3.8) is 0 Å². The van der Waals surface area contributed by atoms with Crippen molar-refractivity contribution in [3.05, 3.63) is 42.1 Å². The van der Waals surface area contributed by atoms with Gasteiger partial charge in [0.1, 0.15) is 12.1 Å². The molecule has 1 aromatic carbocycles. The number of hydrogen-bond donors (Lipinski definition) is 1. The first-order chi connectivity index (χ1) is 14.9. The number of nitrogens with one attached hydrogen (secondary N) is 1. The molecule has 0 unspecified atom stereocenters. The molecule has 2 aliphatic carbocycles. The smallest absolute Gasteiger partial charge is 0.332 e. The Balaban J connectivity index is 1.80. The van der Waals surface area contributed by atoms with E-state index in [0.717, 1.165) is 6.42 Å². The van der Waals surface area contributed by atoms with Crippen molar-refractivity contribution < 1.29 is 27.5 Å². The highest BCUT2D eigenvalue weighted by atomic mass is 32.2. The number of methoxy groups -OCH3 is 1. The molecule has 0 radical (unpaired) electrons. The van der Waals surface area contributed by atoms with Crippen LogP contribution >= 0.6 is 0 Å². The van der Waals surface area contributed by atoms with Crippen molar-refractivity contribution in [1.29, 1.82) is 0 Å². The number of fused-ring (bicyclic) bond motifs is 2. The summed E-state index contributed by atoms with van der Waals surface area (Å²) in [4.78, 5) is 24.6. The summed E-state index contributed by atoms with van der Waals surface area (Å²) in [5.74, 6) is -0.733. The molecule has 32 heavy (non-hydrogen) atoms. The van der Waals surface area contributed by atoms with Crippen LogP contribution in [0.25, 0.3) is 0 Å². The van der Waals surface area contributed by atoms with Crippen LogP contribution in [0.2, 0.25) is 0 Å². The molecule has 0 heterocycles. The molecule has 8 heteroatoms. The summed E-state index contributed by atoms with van der Waals surface area (Å²) >= 11 is 0. The monoisotopic (exact) mass is 463 g/mol. The Morgan fingerprint density at radius 1 is 1.25 bits per heavy atom. The molecule has 7 nitrogen and oxygen atoms in total. The molecule has 0 saturated heterocycles. The molecule has 2 aliphatic rings. The van der Waals surface area contributed by atoms with Crippen LogP contribution in [0.4, 0.5) is 0 Å². The van der Waals surface area contributed by atoms with E-state index in [2.05, 4.69) is 23.9 Å². The third-order valence-corrected chi connectivity index (χ3v) is 9.38. The van der Waals surface area contributed by atoms with Gasteiger partial charge in [-0.3, -0.25) is 0 Å². The van der Waals surface area contributed by atoms with Crippen molar-refractivity contribution in [1.82, 2.24) is 5.32 Å². The highest BCUT2D eigenvalue weighted by Gasteiger charge is 2.66. The van der Waals surface area contributed by atoms with Gasteiger partial charge in [-0.1, -0.05) is 32.0 Å². The number of carbonyl (C=O) groups is 2. The summed E-state index contributed by atoms with van der Waals surface area (Å²) < 4.78 is 37.1. The molecule has 0 aliphatic heterocycles. The Hall–Kier alpha value is -2.35. The lowest BCUT2D eigenvalue weighted by molar-refractivity contribution is -0.150. The van der Waals surface area contributed by atoms with Crippen molar-refractivity contribution in [2.45, 2.75) is 64.0 Å². The van der Waals surface area contributed by atoms with E-state index in [9.17, 15) is 18.0 Å². The number of ether oxygens (including phenoxy) is 2. The SMILES string of the molecule is COC(=O)[C@H](C)N/C(C)=C\C(=O)O[C@H]1C[C@@H]2CC[C@@]1(CS(=O)(=O)c1ccccc1)C2(C)C. The predicted molar refractivity (Wildman–Crippen MR) is 120 cm³/mol. The van der Waals surface area contributed by atoms with Gasteiger partial charge >= 0.3 is 11.9 Å². The summed E-state index contributed by atoms with van der Waals surface area (Å²) in [6.07, 6.45) is 3.11. The number of carbonyl (C=O) groups excluding carboxylic acids is 2. The van der Waals surface area contributed by atoms with Crippen molar-refractivity contribution >= 4 is 21.8 Å². The first-order valence-corrected chi connectivity index (χ1v) is 12.6. The highest BCUT2D eigenvalue weighted by Crippen LogP contribution is 2.67. The molecule has 1 aromatic rings. The summed E-state index contributed by atoms with van der Waals surface area (Å²) in [6.45, 7) is 7.50. The molecule has 3 rings (SSSR count). The van der Waals surface area contributed by atoms with Crippen LogP contribution in [0.1, 0.15) is 47.0 Å². The third-order valence-electron chi connectivity index (χ3n) is 7.50. The minimum absolute atomic E-state index is 0.0498. The van der Waals surface area contributed by atoms with E-state index in [1.54, 1.807) is 44.2 Å². The zero-order chi connectivity index (χ0) is 23.7. The maximum Gasteiger partial charge on any atom is 0.332 e. The van der Waals surface area contributed by atoms with Crippen LogP contribution in [0.5, 0.6) is 0 Å². The van der Waals surface area contributed by atoms with Crippen molar-refractivity contribution in [2.75, 3.05) is 12.9 Å². The molecule has 0 spiro atoms. The van der Waals surface area contributed by atoms with Gasteiger partial charge in [0, 0.05) is 17.2 Å². The van der Waals surface area contributed by atoms with Gasteiger partial charge in [-0.15, -0.1) is 0 Å². The minimum atomic E-state index is -3.55. The van der Waals surface area contributed by atoms with Gasteiger partial charge in [0.05, 0.1) is 17.8 Å². The van der Waals surface area contributed by atoms with Crippen LogP contribution < -0.4 is 5.32 Å². The molecule has 2 fully saturated rings. The standard InChI is InChI=1S/C24H33NO6S/c1-16(25-17(2)22(27)30-5)13-21(26)31-20-14-18-11-12-24(20,23(18,3)4)15-32(28,29)19-9-7-6-8-10-19/h6-10,13,17-18,20,25H,11-12,14-15H2,1-5H3/b16-13-/t17-,18-,20-,24-/m0/s1. The van der Waals surface area contributed by atoms with E-state index in [4.69, 9.17) is 4.74 Å². The maximum atomic E-state index is 13.3. The lowest BCUT2D eigenvalue weighted by atomic mass is 9.69. The van der Waals surface area contributed by atoms with Gasteiger partial charge in [0.2, 0.25) is 0 Å². The molecule has 0 amide bonds. The summed E-state index contributed by atoms with van der Waals surface area (Å²) in [6, 6.07) is 7.84. The van der Waals surface area contributed by atoms with E-state index in [-0.39, 0.29) is 11.2 Å². The molecular formula is C24H33NO6S. The zero-order valence-electron chi connectivity index (χ0n) is 19.4. The fraction of sp³-hybridized carbons (Fsp3) is 0.583. The van der Waals surface area contributed by atoms with Gasteiger partial charge in [-0.2, -0.15) is 0 Å². The second kappa shape index (κ2) is 8.89. The number of allylic oxidation sites excluding steroid dienone is 1. The number of hydrogen-bond acceptors (Lipinski definition) is 7. The second-order valence-electron chi connectivity index (χ2n) is 9.56. The molecule has 0 aromatic heterocycles. The van der Waals surface area contributed by atoms with E-state index in [0.29, 0.717) is 29.4 Å². The third kappa shape index (κ3) is 4.42. The molecule has 2 bridgehead atoms. The predicted octanol–water partition coefficient (Wildman–Crippen LogP) is 3.25. The molecule has 2 saturated carbocycles. The number of benzene rings is 1. The number of sulfone groups is 1. The fourth-order valence-corrected chi connectivity index (χ4v) is 7.64. The average Bonchev–Trinajstić information content (AvgIpc) is 3.08. The fourth-order valence-electron chi connectivity index (χ4n) is 5.53. The van der Waals surface area contributed by atoms with Crippen molar-refractivity contribution in [3.8, 4) is 0 Å². The van der Waals surface area contributed by atoms with Crippen LogP contribution in [0.15, 0.2) is 47.0 Å². The first-order valence-electron chi connectivity index (χ1n) is 10.9. The Morgan fingerprint density at radius 3 is 2.50 bits per heavy atom. The Labute approximate surface area is 190 Å². The van der Waals surface area contributed by atoms with Crippen LogP contribution in [0.3, 0.4) is 0 Å². The van der Waals surface area contributed by atoms with Gasteiger partial charge in [0.25, 0.3) is 0 Å². The first kappa shape index (κ1) is 24.3. The zero-order valence-corrected chi connectivity index (χ0v) is 20.2. The van der Waals surface area contributed by atoms with E-state index < -0.39 is 39.3 Å². The van der Waals surface area contributed by atoms with Crippen LogP contribution in [-0.2, 0) is 28.9 Å². The lowest BCUT2D eigenvalue weighted by Gasteiger charge is -2.41. The molecular weight excluding hydrogens is 430 g/mol. The van der Waals surface area contributed by atoms with Crippen molar-refractivity contribution in [2.24, 2.45) is 16.7 Å². The largest absolute Gasteiger partial charge is 0.467 e. The quantitative estimate of drug-likeness (QED) is 0.467. The van der Waals surface area contributed by atoms with Crippen LogP contribution in [0, 0.1) is 16.7 Å². The second-order valence-corrected chi connectivity index (χ2v) is 11.6. The highest BCUT2D eigenvalue weighted by molar-refractivity contribution is 7.91. The summed E-state index contributed by atoms with van der Waals surface area (Å²) in [5.41, 5.74) is -0.437. The molecule has 176 valence electrons. The summed E-state index contributed by atoms with van der Waals surface area (Å²) in [7, 11) is -2.25. The number of esters is 2. The maximum absolute atomic E-state index is 13.3. The molecule has 4 atom stereocenters.